The van der Waals surface area contributed by atoms with Gasteiger partial charge < -0.3 is 15.2 Å². The van der Waals surface area contributed by atoms with Crippen LogP contribution < -0.4 is 10.1 Å². The maximum absolute atomic E-state index is 12.3. The summed E-state index contributed by atoms with van der Waals surface area (Å²) in [6.45, 7) is 0.0962. The molecule has 1 amide bonds. The molecule has 0 spiro atoms. The van der Waals surface area contributed by atoms with E-state index in [1.807, 2.05) is 6.07 Å². The van der Waals surface area contributed by atoms with Crippen LogP contribution in [0.1, 0.15) is 29.6 Å². The van der Waals surface area contributed by atoms with Crippen molar-refractivity contribution in [3.05, 3.63) is 28.2 Å². The predicted octanol–water partition coefficient (Wildman–Crippen LogP) is 2.35. The Labute approximate surface area is 121 Å². The number of nitrogens with one attached hydrogen (secondary N) is 1. The van der Waals surface area contributed by atoms with Crippen LogP contribution in [0.15, 0.2) is 22.7 Å². The number of methoxy groups -OCH3 is 1. The monoisotopic (exact) mass is 327 g/mol. The molecule has 0 saturated heterocycles. The van der Waals surface area contributed by atoms with Gasteiger partial charge in [0, 0.05) is 17.1 Å². The fraction of sp³-hybridized carbons (Fsp3) is 0.500. The molecule has 0 aliphatic heterocycles. The summed E-state index contributed by atoms with van der Waals surface area (Å²) >= 11 is 3.35. The van der Waals surface area contributed by atoms with Crippen molar-refractivity contribution in [2.75, 3.05) is 13.7 Å². The maximum atomic E-state index is 12.3. The molecule has 1 aromatic rings. The minimum absolute atomic E-state index is 0.0610. The second-order valence-corrected chi connectivity index (χ2v) is 5.69. The number of benzene rings is 1. The number of halogens is 1. The predicted molar refractivity (Wildman–Crippen MR) is 76.4 cm³/mol. The van der Waals surface area contributed by atoms with Crippen LogP contribution >= 0.6 is 15.9 Å². The summed E-state index contributed by atoms with van der Waals surface area (Å²) in [5.74, 6) is 0.915. The molecular weight excluding hydrogens is 310 g/mol. The van der Waals surface area contributed by atoms with Crippen LogP contribution in [-0.2, 0) is 0 Å². The van der Waals surface area contributed by atoms with Crippen molar-refractivity contribution in [3.63, 3.8) is 0 Å². The SMILES string of the molecule is COc1cc(Br)ccc1C(=O)NC(CCO)C1CC1. The van der Waals surface area contributed by atoms with Crippen molar-refractivity contribution in [3.8, 4) is 5.75 Å². The van der Waals surface area contributed by atoms with E-state index in [2.05, 4.69) is 21.2 Å². The van der Waals surface area contributed by atoms with Gasteiger partial charge in [-0.05, 0) is 43.4 Å². The molecule has 0 radical (unpaired) electrons. The summed E-state index contributed by atoms with van der Waals surface area (Å²) in [5.41, 5.74) is 0.522. The van der Waals surface area contributed by atoms with E-state index in [1.54, 1.807) is 19.2 Å². The van der Waals surface area contributed by atoms with Gasteiger partial charge in [0.25, 0.3) is 5.91 Å². The number of carbonyl (C=O) groups is 1. The zero-order chi connectivity index (χ0) is 13.8. The third-order valence-corrected chi connectivity index (χ3v) is 3.85. The molecule has 1 unspecified atom stereocenters. The number of aliphatic hydroxyl groups excluding tert-OH is 1. The van der Waals surface area contributed by atoms with Gasteiger partial charge in [-0.1, -0.05) is 15.9 Å². The Kier molecular flexibility index (Phi) is 4.82. The van der Waals surface area contributed by atoms with Crippen molar-refractivity contribution >= 4 is 21.8 Å². The van der Waals surface area contributed by atoms with E-state index in [-0.39, 0.29) is 18.6 Å². The third-order valence-electron chi connectivity index (χ3n) is 3.36. The van der Waals surface area contributed by atoms with Crippen LogP contribution in [-0.4, -0.2) is 30.8 Å². The van der Waals surface area contributed by atoms with Gasteiger partial charge in [-0.2, -0.15) is 0 Å². The van der Waals surface area contributed by atoms with Gasteiger partial charge in [0.2, 0.25) is 0 Å². The fourth-order valence-corrected chi connectivity index (χ4v) is 2.50. The first-order chi connectivity index (χ1) is 9.15. The fourth-order valence-electron chi connectivity index (χ4n) is 2.16. The quantitative estimate of drug-likeness (QED) is 0.843. The van der Waals surface area contributed by atoms with Crippen LogP contribution in [0.25, 0.3) is 0 Å². The highest BCUT2D eigenvalue weighted by Gasteiger charge is 2.32. The molecule has 1 aromatic carbocycles. The summed E-state index contributed by atoms with van der Waals surface area (Å²) in [6.07, 6.45) is 2.86. The first-order valence-electron chi connectivity index (χ1n) is 6.41. The summed E-state index contributed by atoms with van der Waals surface area (Å²) in [7, 11) is 1.55. The molecule has 4 nitrogen and oxygen atoms in total. The highest BCUT2D eigenvalue weighted by atomic mass is 79.9. The molecule has 0 heterocycles. The van der Waals surface area contributed by atoms with Gasteiger partial charge >= 0.3 is 0 Å². The summed E-state index contributed by atoms with van der Waals surface area (Å²) < 4.78 is 6.10. The number of hydrogen-bond acceptors (Lipinski definition) is 3. The second kappa shape index (κ2) is 6.39. The minimum Gasteiger partial charge on any atom is -0.496 e. The molecule has 0 bridgehead atoms. The number of amides is 1. The number of ether oxygens (including phenoxy) is 1. The topological polar surface area (TPSA) is 58.6 Å². The lowest BCUT2D eigenvalue weighted by Gasteiger charge is -2.18. The van der Waals surface area contributed by atoms with Crippen molar-refractivity contribution < 1.29 is 14.6 Å². The Morgan fingerprint density at radius 3 is 2.89 bits per heavy atom. The lowest BCUT2D eigenvalue weighted by atomic mass is 10.1. The Balaban J connectivity index is 2.10. The van der Waals surface area contributed by atoms with Gasteiger partial charge in [0.1, 0.15) is 5.75 Å². The minimum atomic E-state index is -0.144. The van der Waals surface area contributed by atoms with Gasteiger partial charge in [0.05, 0.1) is 12.7 Å². The molecule has 1 atom stereocenters. The van der Waals surface area contributed by atoms with E-state index in [0.29, 0.717) is 23.7 Å². The van der Waals surface area contributed by atoms with Crippen LogP contribution in [0.2, 0.25) is 0 Å². The van der Waals surface area contributed by atoms with E-state index in [0.717, 1.165) is 17.3 Å². The average molecular weight is 328 g/mol. The van der Waals surface area contributed by atoms with Crippen molar-refractivity contribution in [1.82, 2.24) is 5.32 Å². The summed E-state index contributed by atoms with van der Waals surface area (Å²) in [5, 5.41) is 12.0. The maximum Gasteiger partial charge on any atom is 0.255 e. The second-order valence-electron chi connectivity index (χ2n) is 4.77. The van der Waals surface area contributed by atoms with Crippen LogP contribution in [0, 0.1) is 5.92 Å². The Morgan fingerprint density at radius 1 is 1.58 bits per heavy atom. The Bertz CT molecular complexity index is 460. The average Bonchev–Trinajstić information content (AvgIpc) is 3.22. The first kappa shape index (κ1) is 14.3. The van der Waals surface area contributed by atoms with Crippen molar-refractivity contribution in [2.24, 2.45) is 5.92 Å². The van der Waals surface area contributed by atoms with Gasteiger partial charge in [-0.25, -0.2) is 0 Å². The molecule has 5 heteroatoms. The van der Waals surface area contributed by atoms with Crippen molar-refractivity contribution in [1.29, 1.82) is 0 Å². The van der Waals surface area contributed by atoms with Crippen LogP contribution in [0.5, 0.6) is 5.75 Å². The smallest absolute Gasteiger partial charge is 0.255 e. The third kappa shape index (κ3) is 3.70. The number of carbonyl (C=O) groups excluding carboxylic acids is 1. The molecule has 1 fully saturated rings. The zero-order valence-electron chi connectivity index (χ0n) is 10.9. The van der Waals surface area contributed by atoms with Gasteiger partial charge in [0.15, 0.2) is 0 Å². The normalized spacial score (nSPS) is 15.9. The molecule has 1 aliphatic rings. The Hall–Kier alpha value is -1.07. The molecule has 2 N–H and O–H groups in total. The van der Waals surface area contributed by atoms with E-state index < -0.39 is 0 Å². The largest absolute Gasteiger partial charge is 0.496 e. The molecule has 1 aliphatic carbocycles. The number of hydrogen-bond donors (Lipinski definition) is 2. The number of rotatable bonds is 6. The standard InChI is InChI=1S/C14H18BrNO3/c1-19-13-8-10(15)4-5-11(13)14(18)16-12(6-7-17)9-2-3-9/h4-5,8-9,12,17H,2-3,6-7H2,1H3,(H,16,18). The molecule has 0 aromatic heterocycles. The highest BCUT2D eigenvalue weighted by Crippen LogP contribution is 2.34. The highest BCUT2D eigenvalue weighted by molar-refractivity contribution is 9.10. The molecule has 104 valence electrons. The van der Waals surface area contributed by atoms with Crippen LogP contribution in [0.3, 0.4) is 0 Å². The van der Waals surface area contributed by atoms with Gasteiger partial charge in [-0.15, -0.1) is 0 Å². The van der Waals surface area contributed by atoms with E-state index in [4.69, 9.17) is 9.84 Å². The number of aliphatic hydroxyl groups is 1. The van der Waals surface area contributed by atoms with E-state index >= 15 is 0 Å². The van der Waals surface area contributed by atoms with Crippen molar-refractivity contribution in [2.45, 2.75) is 25.3 Å². The summed E-state index contributed by atoms with van der Waals surface area (Å²) in [4.78, 5) is 12.3. The summed E-state index contributed by atoms with van der Waals surface area (Å²) in [6, 6.07) is 5.38. The van der Waals surface area contributed by atoms with E-state index in [9.17, 15) is 4.79 Å². The van der Waals surface area contributed by atoms with Gasteiger partial charge in [-0.3, -0.25) is 4.79 Å². The molecule has 19 heavy (non-hydrogen) atoms. The van der Waals surface area contributed by atoms with Crippen LogP contribution in [0.4, 0.5) is 0 Å². The van der Waals surface area contributed by atoms with E-state index in [1.165, 1.54) is 0 Å². The molecule has 1 saturated carbocycles. The zero-order valence-corrected chi connectivity index (χ0v) is 12.4. The molecule has 2 rings (SSSR count). The lowest BCUT2D eigenvalue weighted by Crippen LogP contribution is -2.37. The Morgan fingerprint density at radius 2 is 2.32 bits per heavy atom. The molecular formula is C14H18BrNO3. The lowest BCUT2D eigenvalue weighted by molar-refractivity contribution is 0.0921. The first-order valence-corrected chi connectivity index (χ1v) is 7.20.